The first kappa shape index (κ1) is 17.6. The van der Waals surface area contributed by atoms with E-state index in [1.807, 2.05) is 25.2 Å². The van der Waals surface area contributed by atoms with Crippen LogP contribution in [0.25, 0.3) is 0 Å². The van der Waals surface area contributed by atoms with Crippen molar-refractivity contribution in [1.29, 1.82) is 0 Å². The van der Waals surface area contributed by atoms with Gasteiger partial charge in [0.15, 0.2) is 5.96 Å². The Morgan fingerprint density at radius 1 is 1.45 bits per heavy atom. The highest BCUT2D eigenvalue weighted by Crippen LogP contribution is 2.27. The molecule has 0 spiro atoms. The molecule has 1 fully saturated rings. The van der Waals surface area contributed by atoms with Crippen LogP contribution < -0.4 is 5.73 Å². The van der Waals surface area contributed by atoms with Crippen LogP contribution >= 0.6 is 35.6 Å². The van der Waals surface area contributed by atoms with Gasteiger partial charge in [0.2, 0.25) is 0 Å². The number of rotatable bonds is 4. The Morgan fingerprint density at radius 2 is 2.10 bits per heavy atom. The average molecular weight is 408 g/mol. The minimum absolute atomic E-state index is 0. The van der Waals surface area contributed by atoms with Crippen LogP contribution in [0.5, 0.6) is 0 Å². The fraction of sp³-hybridized carbons (Fsp3) is 0.533. The van der Waals surface area contributed by atoms with Crippen molar-refractivity contribution in [3.05, 3.63) is 34.9 Å². The summed E-state index contributed by atoms with van der Waals surface area (Å²) in [6.45, 7) is 4.98. The van der Waals surface area contributed by atoms with E-state index in [4.69, 9.17) is 17.3 Å². The molecule has 2 N–H and O–H groups in total. The molecule has 2 rings (SSSR count). The van der Waals surface area contributed by atoms with E-state index in [0.29, 0.717) is 18.5 Å². The second-order valence-corrected chi connectivity index (χ2v) is 6.35. The van der Waals surface area contributed by atoms with Crippen molar-refractivity contribution in [3.8, 4) is 0 Å². The fourth-order valence-corrected chi connectivity index (χ4v) is 2.23. The molecule has 1 saturated carbocycles. The maximum atomic E-state index is 6.05. The molecule has 1 aromatic carbocycles. The van der Waals surface area contributed by atoms with Gasteiger partial charge >= 0.3 is 0 Å². The van der Waals surface area contributed by atoms with E-state index in [2.05, 4.69) is 29.8 Å². The van der Waals surface area contributed by atoms with E-state index in [1.54, 1.807) is 0 Å². The molecule has 5 heteroatoms. The largest absolute Gasteiger partial charge is 0.370 e. The summed E-state index contributed by atoms with van der Waals surface area (Å²) in [7, 11) is 2.02. The van der Waals surface area contributed by atoms with E-state index < -0.39 is 0 Å². The number of hydrogen-bond donors (Lipinski definition) is 1. The Hall–Kier alpha value is -0.490. The molecule has 0 unspecified atom stereocenters. The van der Waals surface area contributed by atoms with Crippen LogP contribution in [-0.4, -0.2) is 30.5 Å². The number of halogens is 2. The quantitative estimate of drug-likeness (QED) is 0.470. The predicted molar refractivity (Wildman–Crippen MR) is 97.2 cm³/mol. The van der Waals surface area contributed by atoms with Gasteiger partial charge in [-0.2, -0.15) is 0 Å². The zero-order valence-electron chi connectivity index (χ0n) is 12.3. The zero-order valence-corrected chi connectivity index (χ0v) is 15.4. The highest BCUT2D eigenvalue weighted by molar-refractivity contribution is 14.0. The number of nitrogens with zero attached hydrogens (tertiary/aromatic N) is 2. The van der Waals surface area contributed by atoms with Crippen molar-refractivity contribution in [3.63, 3.8) is 0 Å². The highest BCUT2D eigenvalue weighted by Gasteiger charge is 2.28. The summed E-state index contributed by atoms with van der Waals surface area (Å²) in [5.74, 6) is 0.637. The first-order valence-corrected chi connectivity index (χ1v) is 7.07. The fourth-order valence-electron chi connectivity index (χ4n) is 2.04. The first-order chi connectivity index (χ1) is 8.90. The zero-order chi connectivity index (χ0) is 14.0. The molecular weight excluding hydrogens is 385 g/mol. The number of aliphatic imine (C=N–C) groups is 1. The molecule has 0 saturated heterocycles. The molecule has 0 bridgehead atoms. The van der Waals surface area contributed by atoms with Gasteiger partial charge in [-0.25, -0.2) is 0 Å². The van der Waals surface area contributed by atoms with Crippen molar-refractivity contribution in [1.82, 2.24) is 4.90 Å². The molecule has 0 radical (unpaired) electrons. The van der Waals surface area contributed by atoms with Gasteiger partial charge in [0.1, 0.15) is 0 Å². The Morgan fingerprint density at radius 3 is 2.65 bits per heavy atom. The van der Waals surface area contributed by atoms with Crippen molar-refractivity contribution in [2.45, 2.75) is 38.1 Å². The first-order valence-electron chi connectivity index (χ1n) is 6.69. The van der Waals surface area contributed by atoms with Crippen LogP contribution in [0, 0.1) is 0 Å². The van der Waals surface area contributed by atoms with Gasteiger partial charge in [-0.15, -0.1) is 24.0 Å². The van der Waals surface area contributed by atoms with Gasteiger partial charge in [-0.1, -0.05) is 37.6 Å². The molecule has 1 aliphatic carbocycles. The van der Waals surface area contributed by atoms with Gasteiger partial charge in [-0.3, -0.25) is 4.99 Å². The maximum absolute atomic E-state index is 6.05. The monoisotopic (exact) mass is 407 g/mol. The summed E-state index contributed by atoms with van der Waals surface area (Å²) >= 11 is 6.05. The lowest BCUT2D eigenvalue weighted by atomic mass is 9.85. The van der Waals surface area contributed by atoms with E-state index in [0.717, 1.165) is 5.02 Å². The molecule has 20 heavy (non-hydrogen) atoms. The summed E-state index contributed by atoms with van der Waals surface area (Å²) in [5, 5.41) is 0.762. The number of nitrogens with two attached hydrogens (primary N) is 1. The minimum Gasteiger partial charge on any atom is -0.370 e. The molecule has 0 heterocycles. The summed E-state index contributed by atoms with van der Waals surface area (Å²) in [6, 6.07) is 8.54. The number of benzene rings is 1. The van der Waals surface area contributed by atoms with Crippen LogP contribution in [0.15, 0.2) is 29.3 Å². The molecular formula is C15H23ClIN3. The maximum Gasteiger partial charge on any atom is 0.191 e. The minimum atomic E-state index is -0.0695. The van der Waals surface area contributed by atoms with Crippen LogP contribution in [0.2, 0.25) is 5.02 Å². The second-order valence-electron chi connectivity index (χ2n) is 5.91. The van der Waals surface area contributed by atoms with Crippen molar-refractivity contribution < 1.29 is 0 Å². The smallest absolute Gasteiger partial charge is 0.191 e. The van der Waals surface area contributed by atoms with Gasteiger partial charge in [0, 0.05) is 23.5 Å². The summed E-state index contributed by atoms with van der Waals surface area (Å²) in [5.41, 5.74) is 7.14. The van der Waals surface area contributed by atoms with Gasteiger partial charge in [0.25, 0.3) is 0 Å². The normalized spacial score (nSPS) is 15.7. The third-order valence-corrected chi connectivity index (χ3v) is 3.93. The summed E-state index contributed by atoms with van der Waals surface area (Å²) < 4.78 is 0. The highest BCUT2D eigenvalue weighted by atomic mass is 127. The third kappa shape index (κ3) is 4.52. The molecule has 3 nitrogen and oxygen atoms in total. The van der Waals surface area contributed by atoms with E-state index >= 15 is 0 Å². The van der Waals surface area contributed by atoms with Crippen LogP contribution in [0.1, 0.15) is 32.3 Å². The number of guanidine groups is 1. The van der Waals surface area contributed by atoms with Crippen LogP contribution in [0.4, 0.5) is 0 Å². The lowest BCUT2D eigenvalue weighted by Gasteiger charge is -2.25. The van der Waals surface area contributed by atoms with Crippen molar-refractivity contribution in [2.75, 3.05) is 13.6 Å². The second kappa shape index (κ2) is 6.98. The molecule has 0 aromatic heterocycles. The van der Waals surface area contributed by atoms with E-state index in [1.165, 1.54) is 18.4 Å². The molecule has 1 aromatic rings. The molecule has 112 valence electrons. The lowest BCUT2D eigenvalue weighted by molar-refractivity contribution is 0.476. The number of hydrogen-bond acceptors (Lipinski definition) is 1. The molecule has 0 atom stereocenters. The Labute approximate surface area is 143 Å². The Balaban J connectivity index is 0.00000200. The van der Waals surface area contributed by atoms with Gasteiger partial charge in [0.05, 0.1) is 6.54 Å². The topological polar surface area (TPSA) is 41.6 Å². The van der Waals surface area contributed by atoms with Crippen LogP contribution in [-0.2, 0) is 5.41 Å². The van der Waals surface area contributed by atoms with Gasteiger partial charge in [-0.05, 0) is 30.5 Å². The lowest BCUT2D eigenvalue weighted by Crippen LogP contribution is -2.37. The SMILES string of the molecule is CN(C(N)=NCC(C)(C)c1cccc(Cl)c1)C1CC1.I. The Bertz CT molecular complexity index is 484. The van der Waals surface area contributed by atoms with Crippen LogP contribution in [0.3, 0.4) is 0 Å². The van der Waals surface area contributed by atoms with Crippen molar-refractivity contribution in [2.24, 2.45) is 10.7 Å². The van der Waals surface area contributed by atoms with E-state index in [9.17, 15) is 0 Å². The molecule has 0 amide bonds. The predicted octanol–water partition coefficient (Wildman–Crippen LogP) is 3.64. The standard InChI is InChI=1S/C15H22ClN3.HI/c1-15(2,11-5-4-6-12(16)9-11)10-18-14(17)19(3)13-7-8-13;/h4-6,9,13H,7-8,10H2,1-3H3,(H2,17,18);1H. The average Bonchev–Trinajstić information content (AvgIpc) is 3.19. The molecule has 1 aliphatic rings. The summed E-state index contributed by atoms with van der Waals surface area (Å²) in [4.78, 5) is 6.62. The summed E-state index contributed by atoms with van der Waals surface area (Å²) in [6.07, 6.45) is 2.45. The third-order valence-electron chi connectivity index (χ3n) is 3.70. The molecule has 0 aliphatic heterocycles. The Kier molecular flexibility index (Phi) is 6.13. The van der Waals surface area contributed by atoms with Crippen molar-refractivity contribution >= 4 is 41.5 Å². The van der Waals surface area contributed by atoms with Gasteiger partial charge < -0.3 is 10.6 Å². The van der Waals surface area contributed by atoms with E-state index in [-0.39, 0.29) is 29.4 Å².